The lowest BCUT2D eigenvalue weighted by molar-refractivity contribution is -0.114. The number of nitrogens with one attached hydrogen (secondary N) is 4. The molecule has 0 bridgehead atoms. The minimum absolute atomic E-state index is 0.234. The zero-order valence-corrected chi connectivity index (χ0v) is 14.0. The Morgan fingerprint density at radius 3 is 2.46 bits per heavy atom. The van der Waals surface area contributed by atoms with Crippen LogP contribution in [0.3, 0.4) is 0 Å². The summed E-state index contributed by atoms with van der Waals surface area (Å²) in [6.07, 6.45) is 0. The van der Waals surface area contributed by atoms with Crippen LogP contribution in [0.1, 0.15) is 23.0 Å². The van der Waals surface area contributed by atoms with Crippen LogP contribution in [0.2, 0.25) is 0 Å². The van der Waals surface area contributed by atoms with Gasteiger partial charge in [-0.3, -0.25) is 9.59 Å². The highest BCUT2D eigenvalue weighted by molar-refractivity contribution is 7.14. The molecule has 2 rings (SSSR count). The van der Waals surface area contributed by atoms with E-state index in [0.717, 1.165) is 5.56 Å². The van der Waals surface area contributed by atoms with Gasteiger partial charge in [-0.1, -0.05) is 12.1 Å². The van der Waals surface area contributed by atoms with Crippen molar-refractivity contribution in [2.45, 2.75) is 13.5 Å². The molecule has 2 aromatic rings. The fraction of sp³-hybridized carbons (Fsp3) is 0.200. The standard InChI is InChI=1S/C15H17N5O3S/c1-9(21)18-15-20-12(8-24-15)13(22)17-7-10-3-5-11(6-4-10)19-14(23)16-2/h3-6,8H,7H2,1-2H3,(H,17,22)(H2,16,19,23)(H,18,20,21). The summed E-state index contributed by atoms with van der Waals surface area (Å²) in [7, 11) is 1.54. The lowest BCUT2D eigenvalue weighted by Crippen LogP contribution is -2.24. The second-order valence-electron chi connectivity index (χ2n) is 4.80. The van der Waals surface area contributed by atoms with Gasteiger partial charge in [0.05, 0.1) is 0 Å². The quantitative estimate of drug-likeness (QED) is 0.660. The highest BCUT2D eigenvalue weighted by atomic mass is 32.1. The van der Waals surface area contributed by atoms with E-state index in [4.69, 9.17) is 0 Å². The molecule has 1 aromatic heterocycles. The van der Waals surface area contributed by atoms with Gasteiger partial charge in [-0.05, 0) is 17.7 Å². The number of carbonyl (C=O) groups excluding carboxylic acids is 3. The highest BCUT2D eigenvalue weighted by Crippen LogP contribution is 2.15. The molecule has 0 radical (unpaired) electrons. The summed E-state index contributed by atoms with van der Waals surface area (Å²) in [5.41, 5.74) is 1.79. The van der Waals surface area contributed by atoms with Gasteiger partial charge in [0.25, 0.3) is 5.91 Å². The number of carbonyl (C=O) groups is 3. The maximum atomic E-state index is 12.0. The minimum atomic E-state index is -0.324. The van der Waals surface area contributed by atoms with E-state index in [1.807, 2.05) is 0 Å². The Labute approximate surface area is 142 Å². The topological polar surface area (TPSA) is 112 Å². The predicted molar refractivity (Wildman–Crippen MR) is 92.1 cm³/mol. The van der Waals surface area contributed by atoms with Crippen LogP contribution >= 0.6 is 11.3 Å². The fourth-order valence-electron chi connectivity index (χ4n) is 1.76. The van der Waals surface area contributed by atoms with Gasteiger partial charge in [-0.2, -0.15) is 0 Å². The van der Waals surface area contributed by atoms with Gasteiger partial charge in [0.2, 0.25) is 5.91 Å². The second kappa shape index (κ2) is 8.06. The van der Waals surface area contributed by atoms with Crippen molar-refractivity contribution in [3.05, 3.63) is 40.9 Å². The molecule has 4 N–H and O–H groups in total. The van der Waals surface area contributed by atoms with E-state index in [9.17, 15) is 14.4 Å². The van der Waals surface area contributed by atoms with Gasteiger partial charge in [0, 0.05) is 31.6 Å². The van der Waals surface area contributed by atoms with Gasteiger partial charge in [0.1, 0.15) is 5.69 Å². The first-order chi connectivity index (χ1) is 11.5. The van der Waals surface area contributed by atoms with Crippen molar-refractivity contribution in [1.29, 1.82) is 0 Å². The fourth-order valence-corrected chi connectivity index (χ4v) is 2.50. The van der Waals surface area contributed by atoms with Gasteiger partial charge in [-0.25, -0.2) is 9.78 Å². The molecule has 24 heavy (non-hydrogen) atoms. The van der Waals surface area contributed by atoms with Crippen LogP contribution in [-0.4, -0.2) is 29.9 Å². The van der Waals surface area contributed by atoms with Crippen molar-refractivity contribution in [2.24, 2.45) is 0 Å². The van der Waals surface area contributed by atoms with Gasteiger partial charge in [-0.15, -0.1) is 11.3 Å². The Morgan fingerprint density at radius 1 is 1.12 bits per heavy atom. The Bertz CT molecular complexity index is 742. The summed E-state index contributed by atoms with van der Waals surface area (Å²) in [4.78, 5) is 38.2. The number of hydrogen-bond donors (Lipinski definition) is 4. The monoisotopic (exact) mass is 347 g/mol. The molecule has 0 atom stereocenters. The van der Waals surface area contributed by atoms with E-state index in [1.54, 1.807) is 29.6 Å². The first-order valence-electron chi connectivity index (χ1n) is 7.07. The summed E-state index contributed by atoms with van der Waals surface area (Å²) in [6, 6.07) is 6.79. The lowest BCUT2D eigenvalue weighted by Gasteiger charge is -2.07. The number of thiazole rings is 1. The summed E-state index contributed by atoms with van der Waals surface area (Å²) in [5, 5.41) is 12.4. The molecule has 0 unspecified atom stereocenters. The van der Waals surface area contributed by atoms with Crippen LogP contribution in [0, 0.1) is 0 Å². The van der Waals surface area contributed by atoms with Crippen LogP contribution < -0.4 is 21.3 Å². The molecule has 1 aromatic carbocycles. The molecule has 0 spiro atoms. The summed E-state index contributed by atoms with van der Waals surface area (Å²) < 4.78 is 0. The third-order valence-corrected chi connectivity index (χ3v) is 3.67. The van der Waals surface area contributed by atoms with E-state index >= 15 is 0 Å². The van der Waals surface area contributed by atoms with Crippen molar-refractivity contribution in [3.8, 4) is 0 Å². The first-order valence-corrected chi connectivity index (χ1v) is 7.95. The van der Waals surface area contributed by atoms with Gasteiger partial charge >= 0.3 is 6.03 Å². The van der Waals surface area contributed by atoms with E-state index < -0.39 is 0 Å². The SMILES string of the molecule is CNC(=O)Nc1ccc(CNC(=O)c2csc(NC(C)=O)n2)cc1. The Balaban J connectivity index is 1.88. The molecule has 0 saturated heterocycles. The Morgan fingerprint density at radius 2 is 1.83 bits per heavy atom. The molecular formula is C15H17N5O3S. The van der Waals surface area contributed by atoms with Crippen molar-refractivity contribution in [2.75, 3.05) is 17.7 Å². The maximum Gasteiger partial charge on any atom is 0.318 e. The van der Waals surface area contributed by atoms with Gasteiger partial charge < -0.3 is 21.3 Å². The molecule has 126 valence electrons. The van der Waals surface area contributed by atoms with E-state index in [1.165, 1.54) is 25.3 Å². The van der Waals surface area contributed by atoms with Crippen molar-refractivity contribution >= 4 is 40.0 Å². The number of aromatic nitrogens is 1. The highest BCUT2D eigenvalue weighted by Gasteiger charge is 2.11. The van der Waals surface area contributed by atoms with E-state index in [-0.39, 0.29) is 23.5 Å². The largest absolute Gasteiger partial charge is 0.347 e. The molecule has 0 aliphatic carbocycles. The van der Waals surface area contributed by atoms with Crippen LogP contribution in [0.25, 0.3) is 0 Å². The average Bonchev–Trinajstić information content (AvgIpc) is 3.01. The maximum absolute atomic E-state index is 12.0. The summed E-state index contributed by atoms with van der Waals surface area (Å²) >= 11 is 1.19. The number of hydrogen-bond acceptors (Lipinski definition) is 5. The predicted octanol–water partition coefficient (Wildman–Crippen LogP) is 1.78. The number of nitrogens with zero attached hydrogens (tertiary/aromatic N) is 1. The third-order valence-electron chi connectivity index (χ3n) is 2.91. The number of benzene rings is 1. The average molecular weight is 347 g/mol. The molecule has 0 aliphatic rings. The van der Waals surface area contributed by atoms with Crippen molar-refractivity contribution in [1.82, 2.24) is 15.6 Å². The molecule has 0 fully saturated rings. The molecular weight excluding hydrogens is 330 g/mol. The number of anilines is 2. The van der Waals surface area contributed by atoms with Crippen molar-refractivity contribution in [3.63, 3.8) is 0 Å². The second-order valence-corrected chi connectivity index (χ2v) is 5.66. The minimum Gasteiger partial charge on any atom is -0.347 e. The van der Waals surface area contributed by atoms with Crippen LogP contribution in [0.15, 0.2) is 29.6 Å². The van der Waals surface area contributed by atoms with Crippen molar-refractivity contribution < 1.29 is 14.4 Å². The molecule has 4 amide bonds. The number of urea groups is 1. The number of amides is 4. The Kier molecular flexibility index (Phi) is 5.85. The van der Waals surface area contributed by atoms with Crippen LogP contribution in [0.5, 0.6) is 0 Å². The zero-order chi connectivity index (χ0) is 17.5. The summed E-state index contributed by atoms with van der Waals surface area (Å²) in [5.74, 6) is -0.558. The van der Waals surface area contributed by atoms with Gasteiger partial charge in [0.15, 0.2) is 5.13 Å². The third kappa shape index (κ3) is 5.06. The molecule has 1 heterocycles. The molecule has 0 saturated carbocycles. The Hall–Kier alpha value is -2.94. The van der Waals surface area contributed by atoms with E-state index in [0.29, 0.717) is 17.4 Å². The van der Waals surface area contributed by atoms with Crippen LogP contribution in [0.4, 0.5) is 15.6 Å². The van der Waals surface area contributed by atoms with Crippen LogP contribution in [-0.2, 0) is 11.3 Å². The normalized spacial score (nSPS) is 9.92. The molecule has 0 aliphatic heterocycles. The lowest BCUT2D eigenvalue weighted by atomic mass is 10.2. The number of rotatable bonds is 5. The zero-order valence-electron chi connectivity index (χ0n) is 13.2. The molecule has 9 heteroatoms. The first kappa shape index (κ1) is 17.4. The van der Waals surface area contributed by atoms with E-state index in [2.05, 4.69) is 26.3 Å². The summed E-state index contributed by atoms with van der Waals surface area (Å²) in [6.45, 7) is 1.70. The smallest absolute Gasteiger partial charge is 0.318 e. The molecule has 8 nitrogen and oxygen atoms in total.